The topological polar surface area (TPSA) is 29.9 Å². The highest BCUT2D eigenvalue weighted by atomic mass is 32.2. The normalized spacial score (nSPS) is 10.9. The Morgan fingerprint density at radius 1 is 1.29 bits per heavy atom. The molecule has 0 spiro atoms. The Hall–Kier alpha value is -0.480. The van der Waals surface area contributed by atoms with Crippen molar-refractivity contribution in [1.29, 1.82) is 0 Å². The van der Waals surface area contributed by atoms with E-state index in [1.807, 2.05) is 24.2 Å². The fourth-order valence-corrected chi connectivity index (χ4v) is 2.34. The maximum atomic E-state index is 4.34. The Labute approximate surface area is 109 Å². The Kier molecular flexibility index (Phi) is 8.18. The van der Waals surface area contributed by atoms with E-state index in [0.29, 0.717) is 0 Å². The molecule has 0 aliphatic heterocycles. The first-order valence-electron chi connectivity index (χ1n) is 6.58. The summed E-state index contributed by atoms with van der Waals surface area (Å²) in [6.07, 6.45) is 11.4. The summed E-state index contributed by atoms with van der Waals surface area (Å²) in [5, 5.41) is 3.46. The predicted octanol–water partition coefficient (Wildman–Crippen LogP) is 2.92. The number of hydrogen-bond donors (Lipinski definition) is 1. The Balaban J connectivity index is 1.97. The molecule has 0 saturated carbocycles. The number of thioether (sulfide) groups is 1. The van der Waals surface area contributed by atoms with Gasteiger partial charge in [-0.2, -0.15) is 11.8 Å². The highest BCUT2D eigenvalue weighted by molar-refractivity contribution is 7.98. The molecule has 0 aliphatic rings. The summed E-state index contributed by atoms with van der Waals surface area (Å²) in [7, 11) is 0. The van der Waals surface area contributed by atoms with Crippen LogP contribution in [-0.2, 0) is 13.1 Å². The Bertz CT molecular complexity index is 286. The number of nitrogens with zero attached hydrogens (tertiary/aromatic N) is 2. The lowest BCUT2D eigenvalue weighted by Gasteiger charge is -2.06. The molecule has 4 heteroatoms. The average molecular weight is 255 g/mol. The van der Waals surface area contributed by atoms with Crippen LogP contribution in [0.5, 0.6) is 0 Å². The molecule has 0 radical (unpaired) electrons. The van der Waals surface area contributed by atoms with E-state index in [1.165, 1.54) is 31.4 Å². The SMILES string of the molecule is CCn1ccnc1CNCCCCCCSC. The summed E-state index contributed by atoms with van der Waals surface area (Å²) in [4.78, 5) is 4.34. The van der Waals surface area contributed by atoms with E-state index in [-0.39, 0.29) is 0 Å². The molecule has 0 fully saturated rings. The van der Waals surface area contributed by atoms with Gasteiger partial charge in [0, 0.05) is 18.9 Å². The predicted molar refractivity (Wildman–Crippen MR) is 76.5 cm³/mol. The van der Waals surface area contributed by atoms with Crippen molar-refractivity contribution in [2.45, 2.75) is 45.7 Å². The van der Waals surface area contributed by atoms with Crippen LogP contribution in [0.15, 0.2) is 12.4 Å². The minimum absolute atomic E-state index is 0.894. The molecule has 0 aliphatic carbocycles. The number of aryl methyl sites for hydroxylation is 1. The summed E-state index contributed by atoms with van der Waals surface area (Å²) < 4.78 is 2.19. The van der Waals surface area contributed by atoms with E-state index in [1.54, 1.807) is 0 Å². The van der Waals surface area contributed by atoms with Crippen molar-refractivity contribution in [3.63, 3.8) is 0 Å². The van der Waals surface area contributed by atoms with E-state index in [2.05, 4.69) is 28.0 Å². The van der Waals surface area contributed by atoms with Crippen LogP contribution in [0.4, 0.5) is 0 Å². The molecule has 0 amide bonds. The zero-order valence-electron chi connectivity index (χ0n) is 11.1. The van der Waals surface area contributed by atoms with Crippen LogP contribution in [0.3, 0.4) is 0 Å². The molecule has 98 valence electrons. The number of rotatable bonds is 10. The quantitative estimate of drug-likeness (QED) is 0.652. The van der Waals surface area contributed by atoms with E-state index in [9.17, 15) is 0 Å². The molecule has 1 aromatic rings. The van der Waals surface area contributed by atoms with Crippen LogP contribution in [-0.4, -0.2) is 28.1 Å². The summed E-state index contributed by atoms with van der Waals surface area (Å²) in [6, 6.07) is 0. The standard InChI is InChI=1S/C13H25N3S/c1-3-16-10-9-15-13(16)12-14-8-6-4-5-7-11-17-2/h9-10,14H,3-8,11-12H2,1-2H3. The Morgan fingerprint density at radius 3 is 2.88 bits per heavy atom. The first kappa shape index (κ1) is 14.6. The van der Waals surface area contributed by atoms with Gasteiger partial charge in [-0.15, -0.1) is 0 Å². The van der Waals surface area contributed by atoms with Gasteiger partial charge in [-0.3, -0.25) is 0 Å². The largest absolute Gasteiger partial charge is 0.334 e. The second-order valence-electron chi connectivity index (χ2n) is 4.21. The van der Waals surface area contributed by atoms with Crippen molar-refractivity contribution < 1.29 is 0 Å². The molecule has 1 rings (SSSR count). The summed E-state index contributed by atoms with van der Waals surface area (Å²) >= 11 is 1.95. The summed E-state index contributed by atoms with van der Waals surface area (Å²) in [6.45, 7) is 5.16. The van der Waals surface area contributed by atoms with E-state index < -0.39 is 0 Å². The molecule has 0 saturated heterocycles. The van der Waals surface area contributed by atoms with Crippen LogP contribution in [0.2, 0.25) is 0 Å². The fraction of sp³-hybridized carbons (Fsp3) is 0.769. The molecule has 1 aromatic heterocycles. The minimum Gasteiger partial charge on any atom is -0.334 e. The second-order valence-corrected chi connectivity index (χ2v) is 5.20. The van der Waals surface area contributed by atoms with Crippen molar-refractivity contribution in [1.82, 2.24) is 14.9 Å². The van der Waals surface area contributed by atoms with Gasteiger partial charge < -0.3 is 9.88 Å². The van der Waals surface area contributed by atoms with Crippen LogP contribution >= 0.6 is 11.8 Å². The third-order valence-electron chi connectivity index (χ3n) is 2.88. The van der Waals surface area contributed by atoms with Gasteiger partial charge in [-0.1, -0.05) is 12.8 Å². The molecule has 1 heterocycles. The van der Waals surface area contributed by atoms with Crippen molar-refractivity contribution >= 4 is 11.8 Å². The van der Waals surface area contributed by atoms with Crippen molar-refractivity contribution in [2.24, 2.45) is 0 Å². The van der Waals surface area contributed by atoms with Gasteiger partial charge in [0.15, 0.2) is 0 Å². The Morgan fingerprint density at radius 2 is 2.12 bits per heavy atom. The van der Waals surface area contributed by atoms with Gasteiger partial charge in [0.1, 0.15) is 5.82 Å². The maximum absolute atomic E-state index is 4.34. The number of imidazole rings is 1. The number of hydrogen-bond acceptors (Lipinski definition) is 3. The zero-order chi connectivity index (χ0) is 12.3. The van der Waals surface area contributed by atoms with Crippen molar-refractivity contribution in [2.75, 3.05) is 18.6 Å². The molecule has 0 unspecified atom stereocenters. The van der Waals surface area contributed by atoms with E-state index in [0.717, 1.165) is 25.5 Å². The first-order valence-corrected chi connectivity index (χ1v) is 7.97. The molecule has 0 aromatic carbocycles. The van der Waals surface area contributed by atoms with Crippen molar-refractivity contribution in [3.8, 4) is 0 Å². The van der Waals surface area contributed by atoms with Crippen LogP contribution in [0.25, 0.3) is 0 Å². The van der Waals surface area contributed by atoms with Gasteiger partial charge in [0.05, 0.1) is 6.54 Å². The number of aromatic nitrogens is 2. The van der Waals surface area contributed by atoms with Crippen molar-refractivity contribution in [3.05, 3.63) is 18.2 Å². The fourth-order valence-electron chi connectivity index (χ4n) is 1.85. The lowest BCUT2D eigenvalue weighted by Crippen LogP contribution is -2.17. The van der Waals surface area contributed by atoms with Gasteiger partial charge in [0.2, 0.25) is 0 Å². The smallest absolute Gasteiger partial charge is 0.122 e. The average Bonchev–Trinajstić information content (AvgIpc) is 2.80. The van der Waals surface area contributed by atoms with Crippen LogP contribution in [0.1, 0.15) is 38.4 Å². The lowest BCUT2D eigenvalue weighted by atomic mass is 10.2. The number of nitrogens with one attached hydrogen (secondary N) is 1. The number of unbranched alkanes of at least 4 members (excludes halogenated alkanes) is 3. The second kappa shape index (κ2) is 9.54. The van der Waals surface area contributed by atoms with Gasteiger partial charge in [-0.25, -0.2) is 4.98 Å². The zero-order valence-corrected chi connectivity index (χ0v) is 11.9. The lowest BCUT2D eigenvalue weighted by molar-refractivity contribution is 0.571. The molecule has 0 atom stereocenters. The molecule has 3 nitrogen and oxygen atoms in total. The molecular formula is C13H25N3S. The summed E-state index contributed by atoms with van der Waals surface area (Å²) in [5.74, 6) is 2.45. The van der Waals surface area contributed by atoms with Crippen LogP contribution < -0.4 is 5.32 Å². The highest BCUT2D eigenvalue weighted by Gasteiger charge is 1.99. The third-order valence-corrected chi connectivity index (χ3v) is 3.57. The highest BCUT2D eigenvalue weighted by Crippen LogP contribution is 2.04. The van der Waals surface area contributed by atoms with Gasteiger partial charge in [-0.05, 0) is 38.3 Å². The van der Waals surface area contributed by atoms with Crippen LogP contribution in [0, 0.1) is 0 Å². The molecule has 0 bridgehead atoms. The molecule has 17 heavy (non-hydrogen) atoms. The monoisotopic (exact) mass is 255 g/mol. The molecule has 1 N–H and O–H groups in total. The minimum atomic E-state index is 0.894. The maximum Gasteiger partial charge on any atom is 0.122 e. The van der Waals surface area contributed by atoms with Gasteiger partial charge in [0.25, 0.3) is 0 Å². The van der Waals surface area contributed by atoms with E-state index in [4.69, 9.17) is 0 Å². The van der Waals surface area contributed by atoms with E-state index >= 15 is 0 Å². The first-order chi connectivity index (χ1) is 8.38. The molecular weight excluding hydrogens is 230 g/mol. The third kappa shape index (κ3) is 6.13. The van der Waals surface area contributed by atoms with Gasteiger partial charge >= 0.3 is 0 Å². The summed E-state index contributed by atoms with van der Waals surface area (Å²) in [5.41, 5.74) is 0.